The van der Waals surface area contributed by atoms with Gasteiger partial charge in [-0.05, 0) is 25.2 Å². The minimum atomic E-state index is -0.109. The first-order valence-corrected chi connectivity index (χ1v) is 7.83. The second kappa shape index (κ2) is 6.45. The summed E-state index contributed by atoms with van der Waals surface area (Å²) in [5.41, 5.74) is 7.96. The first-order valence-electron chi connectivity index (χ1n) is 7.02. The van der Waals surface area contributed by atoms with E-state index >= 15 is 0 Å². The predicted octanol–water partition coefficient (Wildman–Crippen LogP) is 2.40. The van der Waals surface area contributed by atoms with Crippen molar-refractivity contribution in [3.63, 3.8) is 0 Å². The maximum absolute atomic E-state index is 11.9. The van der Waals surface area contributed by atoms with E-state index in [0.29, 0.717) is 23.1 Å². The summed E-state index contributed by atoms with van der Waals surface area (Å²) in [7, 11) is 3.33. The number of thiophene rings is 1. The Balaban J connectivity index is 2.28. The third-order valence-electron chi connectivity index (χ3n) is 3.60. The molecule has 0 spiro atoms. The Morgan fingerprint density at radius 3 is 2.75 bits per heavy atom. The summed E-state index contributed by atoms with van der Waals surface area (Å²) in [6.07, 6.45) is 3.28. The fraction of sp³-hybridized carbons (Fsp3) is 0.643. The van der Waals surface area contributed by atoms with E-state index in [2.05, 4.69) is 17.6 Å². The molecular formula is C14H23N3O2S. The van der Waals surface area contributed by atoms with Crippen LogP contribution >= 0.6 is 11.3 Å². The summed E-state index contributed by atoms with van der Waals surface area (Å²) < 4.78 is 5.22. The molecular weight excluding hydrogens is 274 g/mol. The average Bonchev–Trinajstić information content (AvgIpc) is 3.22. The molecule has 4 N–H and O–H groups in total. The van der Waals surface area contributed by atoms with Gasteiger partial charge in [-0.25, -0.2) is 0 Å². The summed E-state index contributed by atoms with van der Waals surface area (Å²) in [6, 6.07) is 0.244. The van der Waals surface area contributed by atoms with Crippen molar-refractivity contribution in [1.82, 2.24) is 5.32 Å². The Morgan fingerprint density at radius 1 is 1.55 bits per heavy atom. The number of rotatable bonds is 7. The number of methoxy groups -OCH3 is 1. The number of nitrogens with two attached hydrogens (primary N) is 1. The van der Waals surface area contributed by atoms with Gasteiger partial charge in [0.15, 0.2) is 0 Å². The quantitative estimate of drug-likeness (QED) is 0.722. The molecule has 1 fully saturated rings. The number of amides is 1. The van der Waals surface area contributed by atoms with Crippen LogP contribution in [0, 0.1) is 0 Å². The van der Waals surface area contributed by atoms with Crippen LogP contribution < -0.4 is 16.4 Å². The second-order valence-electron chi connectivity index (χ2n) is 5.15. The highest BCUT2D eigenvalue weighted by Crippen LogP contribution is 2.51. The van der Waals surface area contributed by atoms with Crippen LogP contribution in [-0.2, 0) is 4.74 Å². The van der Waals surface area contributed by atoms with E-state index < -0.39 is 0 Å². The second-order valence-corrected chi connectivity index (χ2v) is 6.17. The SMILES string of the molecule is CCC(COC)Nc1sc(C(=O)NC)c(N)c1C1CC1. The number of carbonyl (C=O) groups is 1. The standard InChI is InChI=1S/C14H23N3O2S/c1-4-9(7-19-3)17-14-10(8-5-6-8)11(15)12(20-14)13(18)16-2/h8-9,17H,4-7,15H2,1-3H3,(H,16,18). The molecule has 1 aromatic rings. The Hall–Kier alpha value is -1.27. The highest BCUT2D eigenvalue weighted by atomic mass is 32.1. The zero-order valence-corrected chi connectivity index (χ0v) is 13.1. The topological polar surface area (TPSA) is 76.4 Å². The molecule has 0 aliphatic heterocycles. The largest absolute Gasteiger partial charge is 0.397 e. The van der Waals surface area contributed by atoms with Gasteiger partial charge in [0.05, 0.1) is 17.3 Å². The molecule has 0 saturated heterocycles. The number of ether oxygens (including phenoxy) is 1. The molecule has 1 heterocycles. The van der Waals surface area contributed by atoms with Gasteiger partial charge < -0.3 is 21.1 Å². The lowest BCUT2D eigenvalue weighted by atomic mass is 10.1. The molecule has 0 radical (unpaired) electrons. The lowest BCUT2D eigenvalue weighted by Gasteiger charge is -2.17. The Morgan fingerprint density at radius 2 is 2.25 bits per heavy atom. The third kappa shape index (κ3) is 3.07. The van der Waals surface area contributed by atoms with E-state index in [-0.39, 0.29) is 11.9 Å². The molecule has 0 aromatic carbocycles. The number of nitrogens with one attached hydrogen (secondary N) is 2. The molecule has 1 amide bonds. The van der Waals surface area contributed by atoms with Crippen molar-refractivity contribution in [3.05, 3.63) is 10.4 Å². The van der Waals surface area contributed by atoms with Crippen LogP contribution in [0.1, 0.15) is 47.3 Å². The predicted molar refractivity (Wildman–Crippen MR) is 83.7 cm³/mol. The smallest absolute Gasteiger partial charge is 0.263 e. The summed E-state index contributed by atoms with van der Waals surface area (Å²) in [5, 5.41) is 7.18. The van der Waals surface area contributed by atoms with Gasteiger partial charge in [0.1, 0.15) is 4.88 Å². The number of nitrogen functional groups attached to an aromatic ring is 1. The van der Waals surface area contributed by atoms with Crippen molar-refractivity contribution in [2.24, 2.45) is 0 Å². The summed E-state index contributed by atoms with van der Waals surface area (Å²) in [4.78, 5) is 12.5. The molecule has 1 aliphatic rings. The van der Waals surface area contributed by atoms with Crippen molar-refractivity contribution in [2.75, 3.05) is 31.8 Å². The van der Waals surface area contributed by atoms with Gasteiger partial charge in [0.2, 0.25) is 0 Å². The number of hydrogen-bond donors (Lipinski definition) is 3. The van der Waals surface area contributed by atoms with Gasteiger partial charge in [0.25, 0.3) is 5.91 Å². The Bertz CT molecular complexity index is 483. The van der Waals surface area contributed by atoms with Crippen LogP contribution in [0.3, 0.4) is 0 Å². The summed E-state index contributed by atoms with van der Waals surface area (Å²) in [5.74, 6) is 0.398. The van der Waals surface area contributed by atoms with Crippen molar-refractivity contribution < 1.29 is 9.53 Å². The average molecular weight is 297 g/mol. The van der Waals surface area contributed by atoms with Gasteiger partial charge in [-0.15, -0.1) is 11.3 Å². The lowest BCUT2D eigenvalue weighted by Crippen LogP contribution is -2.23. The maximum atomic E-state index is 11.9. The van der Waals surface area contributed by atoms with Crippen LogP contribution in [0.4, 0.5) is 10.7 Å². The van der Waals surface area contributed by atoms with E-state index in [1.165, 1.54) is 11.3 Å². The fourth-order valence-corrected chi connectivity index (χ4v) is 3.50. The highest BCUT2D eigenvalue weighted by Gasteiger charge is 2.33. The van der Waals surface area contributed by atoms with E-state index in [4.69, 9.17) is 10.5 Å². The molecule has 2 rings (SSSR count). The Kier molecular flexibility index (Phi) is 4.88. The van der Waals surface area contributed by atoms with Crippen molar-refractivity contribution >= 4 is 27.9 Å². The Labute approximate surface area is 123 Å². The molecule has 20 heavy (non-hydrogen) atoms. The molecule has 1 saturated carbocycles. The monoisotopic (exact) mass is 297 g/mol. The van der Waals surface area contributed by atoms with Gasteiger partial charge >= 0.3 is 0 Å². The van der Waals surface area contributed by atoms with Crippen molar-refractivity contribution in [1.29, 1.82) is 0 Å². The first kappa shape index (κ1) is 15.1. The summed E-state index contributed by atoms with van der Waals surface area (Å²) in [6.45, 7) is 2.76. The van der Waals surface area contributed by atoms with Crippen molar-refractivity contribution in [3.8, 4) is 0 Å². The summed E-state index contributed by atoms with van der Waals surface area (Å²) >= 11 is 1.45. The molecule has 112 valence electrons. The number of hydrogen-bond acceptors (Lipinski definition) is 5. The van der Waals surface area contributed by atoms with Gasteiger partial charge in [0, 0.05) is 25.8 Å². The molecule has 6 heteroatoms. The maximum Gasteiger partial charge on any atom is 0.263 e. The fourth-order valence-electron chi connectivity index (χ4n) is 2.27. The van der Waals surface area contributed by atoms with Crippen molar-refractivity contribution in [2.45, 2.75) is 38.1 Å². The van der Waals surface area contributed by atoms with Gasteiger partial charge in [-0.1, -0.05) is 6.92 Å². The van der Waals surface area contributed by atoms with Crippen LogP contribution in [0.15, 0.2) is 0 Å². The van der Waals surface area contributed by atoms with Crippen LogP contribution in [0.2, 0.25) is 0 Å². The normalized spacial score (nSPS) is 15.9. The van der Waals surface area contributed by atoms with E-state index in [1.807, 2.05) is 0 Å². The molecule has 0 bridgehead atoms. The molecule has 1 aromatic heterocycles. The zero-order chi connectivity index (χ0) is 14.7. The number of carbonyl (C=O) groups excluding carboxylic acids is 1. The van der Waals surface area contributed by atoms with Gasteiger partial charge in [-0.2, -0.15) is 0 Å². The number of anilines is 2. The zero-order valence-electron chi connectivity index (χ0n) is 12.3. The van der Waals surface area contributed by atoms with Crippen LogP contribution in [-0.4, -0.2) is 32.7 Å². The molecule has 1 unspecified atom stereocenters. The van der Waals surface area contributed by atoms with E-state index in [9.17, 15) is 4.79 Å². The van der Waals surface area contributed by atoms with Crippen LogP contribution in [0.25, 0.3) is 0 Å². The molecule has 5 nitrogen and oxygen atoms in total. The molecule has 1 aliphatic carbocycles. The third-order valence-corrected chi connectivity index (χ3v) is 4.75. The van der Waals surface area contributed by atoms with E-state index in [0.717, 1.165) is 29.8 Å². The van der Waals surface area contributed by atoms with Crippen LogP contribution in [0.5, 0.6) is 0 Å². The van der Waals surface area contributed by atoms with Gasteiger partial charge in [-0.3, -0.25) is 4.79 Å². The molecule has 1 atom stereocenters. The first-order chi connectivity index (χ1) is 9.62. The minimum absolute atomic E-state index is 0.109. The minimum Gasteiger partial charge on any atom is -0.397 e. The highest BCUT2D eigenvalue weighted by molar-refractivity contribution is 7.18. The lowest BCUT2D eigenvalue weighted by molar-refractivity contribution is 0.0968. The van der Waals surface area contributed by atoms with E-state index in [1.54, 1.807) is 14.2 Å².